The zero-order valence-electron chi connectivity index (χ0n) is 19.9. The molecule has 3 aromatic rings. The third kappa shape index (κ3) is 6.57. The van der Waals surface area contributed by atoms with E-state index >= 15 is 0 Å². The number of carboxylic acid groups (broad SMARTS) is 1. The Kier molecular flexibility index (Phi) is 7.10. The van der Waals surface area contributed by atoms with Gasteiger partial charge in [-0.15, -0.1) is 18.2 Å². The summed E-state index contributed by atoms with van der Waals surface area (Å²) in [5.74, 6) is -1.47. The SMILES string of the molecule is Cc1cc([C@@H](NC(=O)c2cc(Cn3ccn(C)c3=NC(=O)O)cc(OC(F)(F)F)c2)C2CC2)ccc1F. The summed E-state index contributed by atoms with van der Waals surface area (Å²) >= 11 is 0. The molecule has 1 atom stereocenters. The maximum absolute atomic E-state index is 13.8. The van der Waals surface area contributed by atoms with Crippen LogP contribution < -0.4 is 15.7 Å². The van der Waals surface area contributed by atoms with Gasteiger partial charge in [0.05, 0.1) is 12.6 Å². The molecule has 2 aromatic carbocycles. The van der Waals surface area contributed by atoms with Crippen LogP contribution in [0, 0.1) is 18.7 Å². The summed E-state index contributed by atoms with van der Waals surface area (Å²) < 4.78 is 59.8. The van der Waals surface area contributed by atoms with Crippen LogP contribution in [-0.2, 0) is 13.6 Å². The second-order valence-electron chi connectivity index (χ2n) is 8.94. The third-order valence-corrected chi connectivity index (χ3v) is 5.97. The monoisotopic (exact) mass is 520 g/mol. The number of amides is 2. The number of imidazole rings is 1. The quantitative estimate of drug-likeness (QED) is 0.442. The van der Waals surface area contributed by atoms with E-state index in [0.29, 0.717) is 11.1 Å². The first-order chi connectivity index (χ1) is 17.4. The molecular formula is C25H24F4N4O4. The van der Waals surface area contributed by atoms with Gasteiger partial charge in [-0.2, -0.15) is 0 Å². The van der Waals surface area contributed by atoms with Gasteiger partial charge in [0.15, 0.2) is 0 Å². The first-order valence-corrected chi connectivity index (χ1v) is 11.4. The molecule has 0 unspecified atom stereocenters. The molecule has 0 bridgehead atoms. The van der Waals surface area contributed by atoms with Crippen molar-refractivity contribution in [1.29, 1.82) is 0 Å². The van der Waals surface area contributed by atoms with Gasteiger partial charge in [0.1, 0.15) is 11.6 Å². The number of rotatable bonds is 7. The van der Waals surface area contributed by atoms with E-state index in [1.54, 1.807) is 26.1 Å². The van der Waals surface area contributed by atoms with E-state index in [-0.39, 0.29) is 35.0 Å². The molecule has 196 valence electrons. The molecule has 1 aliphatic rings. The topological polar surface area (TPSA) is 97.9 Å². The maximum atomic E-state index is 13.8. The second-order valence-corrected chi connectivity index (χ2v) is 8.94. The van der Waals surface area contributed by atoms with Crippen LogP contribution in [0.1, 0.15) is 45.9 Å². The minimum Gasteiger partial charge on any atom is -0.463 e. The summed E-state index contributed by atoms with van der Waals surface area (Å²) in [4.78, 5) is 27.8. The number of hydrogen-bond donors (Lipinski definition) is 2. The molecule has 0 aliphatic heterocycles. The van der Waals surface area contributed by atoms with Crippen LogP contribution in [-0.4, -0.2) is 32.6 Å². The van der Waals surface area contributed by atoms with Crippen LogP contribution in [0.25, 0.3) is 0 Å². The molecule has 0 spiro atoms. The van der Waals surface area contributed by atoms with Crippen molar-refractivity contribution in [2.24, 2.45) is 18.0 Å². The van der Waals surface area contributed by atoms with Crippen molar-refractivity contribution >= 4 is 12.0 Å². The van der Waals surface area contributed by atoms with E-state index < -0.39 is 30.2 Å². The molecule has 1 saturated carbocycles. The van der Waals surface area contributed by atoms with Gasteiger partial charge >= 0.3 is 12.5 Å². The number of halogens is 4. The number of hydrogen-bond acceptors (Lipinski definition) is 3. The molecule has 0 radical (unpaired) electrons. The molecule has 2 amide bonds. The first-order valence-electron chi connectivity index (χ1n) is 11.4. The summed E-state index contributed by atoms with van der Waals surface area (Å²) in [6.45, 7) is 1.53. The predicted molar refractivity (Wildman–Crippen MR) is 123 cm³/mol. The number of nitrogens with one attached hydrogen (secondary N) is 1. The zero-order chi connectivity index (χ0) is 26.9. The highest BCUT2D eigenvalue weighted by Gasteiger charge is 2.35. The van der Waals surface area contributed by atoms with Crippen LogP contribution in [0.4, 0.5) is 22.4 Å². The van der Waals surface area contributed by atoms with Gasteiger partial charge in [0.2, 0.25) is 5.62 Å². The Balaban J connectivity index is 1.67. The number of carbonyl (C=O) groups is 2. The average Bonchev–Trinajstić information content (AvgIpc) is 3.59. The lowest BCUT2D eigenvalue weighted by molar-refractivity contribution is -0.274. The van der Waals surface area contributed by atoms with Gasteiger partial charge in [-0.05, 0) is 66.6 Å². The largest absolute Gasteiger partial charge is 0.573 e. The molecule has 1 heterocycles. The number of carbonyl (C=O) groups excluding carboxylic acids is 1. The summed E-state index contributed by atoms with van der Waals surface area (Å²) in [6, 6.07) is 7.63. The van der Waals surface area contributed by atoms with Gasteiger partial charge in [-0.3, -0.25) is 4.79 Å². The van der Waals surface area contributed by atoms with E-state index in [4.69, 9.17) is 5.11 Å². The molecule has 1 fully saturated rings. The minimum atomic E-state index is -4.99. The lowest BCUT2D eigenvalue weighted by atomic mass is 9.99. The van der Waals surface area contributed by atoms with Crippen molar-refractivity contribution in [3.63, 3.8) is 0 Å². The highest BCUT2D eigenvalue weighted by molar-refractivity contribution is 5.95. The Morgan fingerprint density at radius 2 is 1.92 bits per heavy atom. The molecule has 12 heteroatoms. The van der Waals surface area contributed by atoms with Crippen LogP contribution in [0.2, 0.25) is 0 Å². The number of nitrogens with zero attached hydrogens (tertiary/aromatic N) is 3. The predicted octanol–water partition coefficient (Wildman–Crippen LogP) is 4.68. The van der Waals surface area contributed by atoms with Gasteiger partial charge in [0.25, 0.3) is 5.91 Å². The van der Waals surface area contributed by atoms with E-state index in [1.165, 1.54) is 33.7 Å². The number of aromatic nitrogens is 2. The normalized spacial score (nSPS) is 14.9. The second kappa shape index (κ2) is 10.1. The van der Waals surface area contributed by atoms with Crippen molar-refractivity contribution in [2.45, 2.75) is 38.7 Å². The highest BCUT2D eigenvalue weighted by atomic mass is 19.4. The molecule has 1 aliphatic carbocycles. The highest BCUT2D eigenvalue weighted by Crippen LogP contribution is 2.41. The summed E-state index contributed by atoms with van der Waals surface area (Å²) in [6.07, 6.45) is -1.67. The minimum absolute atomic E-state index is 0.0427. The lowest BCUT2D eigenvalue weighted by Gasteiger charge is -2.20. The van der Waals surface area contributed by atoms with Crippen molar-refractivity contribution in [3.05, 3.63) is 82.5 Å². The van der Waals surface area contributed by atoms with Gasteiger partial charge in [-0.25, -0.2) is 9.18 Å². The van der Waals surface area contributed by atoms with Crippen molar-refractivity contribution in [1.82, 2.24) is 14.5 Å². The van der Waals surface area contributed by atoms with Crippen LogP contribution >= 0.6 is 0 Å². The van der Waals surface area contributed by atoms with Crippen molar-refractivity contribution in [2.75, 3.05) is 0 Å². The summed E-state index contributed by atoms with van der Waals surface area (Å²) in [5.41, 5.74) is 1.35. The molecule has 1 aromatic heterocycles. The fourth-order valence-corrected chi connectivity index (χ4v) is 4.13. The van der Waals surface area contributed by atoms with E-state index in [2.05, 4.69) is 15.0 Å². The van der Waals surface area contributed by atoms with E-state index in [0.717, 1.165) is 25.0 Å². The Bertz CT molecular complexity index is 1410. The first kappa shape index (κ1) is 26.0. The standard InChI is InChI=1S/C25H24F4N4O4/c1-14-9-17(5-6-20(14)26)21(16-3-4-16)30-22(34)18-10-15(11-19(12-18)37-25(27,28)29)13-33-8-7-32(2)23(33)31-24(35)36/h5-12,16,21H,3-4,13H2,1-2H3,(H,30,34)(H,35,36)/t21-/m0/s1. The Hall–Kier alpha value is -4.09. The summed E-state index contributed by atoms with van der Waals surface area (Å²) in [5, 5.41) is 11.9. The molecule has 37 heavy (non-hydrogen) atoms. The van der Waals surface area contributed by atoms with Crippen LogP contribution in [0.5, 0.6) is 5.75 Å². The number of alkyl halides is 3. The number of benzene rings is 2. The average molecular weight is 520 g/mol. The molecule has 2 N–H and O–H groups in total. The Labute approximate surface area is 208 Å². The molecular weight excluding hydrogens is 496 g/mol. The Morgan fingerprint density at radius 1 is 1.19 bits per heavy atom. The van der Waals surface area contributed by atoms with Crippen molar-refractivity contribution < 1.29 is 37.0 Å². The molecule has 4 rings (SSSR count). The molecule has 8 nitrogen and oxygen atoms in total. The van der Waals surface area contributed by atoms with Crippen molar-refractivity contribution in [3.8, 4) is 5.75 Å². The number of ether oxygens (including phenoxy) is 1. The van der Waals surface area contributed by atoms with Gasteiger partial charge < -0.3 is 24.3 Å². The smallest absolute Gasteiger partial charge is 0.463 e. The lowest BCUT2D eigenvalue weighted by Crippen LogP contribution is -2.30. The van der Waals surface area contributed by atoms with Crippen LogP contribution in [0.15, 0.2) is 53.8 Å². The molecule has 0 saturated heterocycles. The van der Waals surface area contributed by atoms with Gasteiger partial charge in [-0.1, -0.05) is 12.1 Å². The number of aryl methyl sites for hydroxylation is 2. The van der Waals surface area contributed by atoms with E-state index in [1.807, 2.05) is 0 Å². The fourth-order valence-electron chi connectivity index (χ4n) is 4.13. The fraction of sp³-hybridized carbons (Fsp3) is 0.320. The van der Waals surface area contributed by atoms with Crippen LogP contribution in [0.3, 0.4) is 0 Å². The zero-order valence-corrected chi connectivity index (χ0v) is 19.9. The van der Waals surface area contributed by atoms with Gasteiger partial charge in [0, 0.05) is 25.0 Å². The third-order valence-electron chi connectivity index (χ3n) is 5.97. The summed E-state index contributed by atoms with van der Waals surface area (Å²) in [7, 11) is 1.56. The maximum Gasteiger partial charge on any atom is 0.573 e. The van der Waals surface area contributed by atoms with E-state index in [9.17, 15) is 27.2 Å². The Morgan fingerprint density at radius 3 is 2.54 bits per heavy atom.